The molecule has 4 rings (SSSR count). The van der Waals surface area contributed by atoms with Gasteiger partial charge in [-0.15, -0.1) is 0 Å². The van der Waals surface area contributed by atoms with Crippen molar-refractivity contribution in [3.8, 4) is 5.75 Å². The molecule has 0 bridgehead atoms. The molecule has 2 saturated heterocycles. The highest BCUT2D eigenvalue weighted by Gasteiger charge is 2.26. The number of nitrogens with zero attached hydrogens (tertiary/aromatic N) is 2. The summed E-state index contributed by atoms with van der Waals surface area (Å²) in [4.78, 5) is 16.2. The highest BCUT2D eigenvalue weighted by atomic mass is 32.2. The number of carbonyl (C=O) groups excluding carboxylic acids is 1. The molecule has 0 unspecified atom stereocenters. The molecule has 2 aliphatic rings. The normalized spacial score (nSPS) is 17.7. The first-order valence-corrected chi connectivity index (χ1v) is 12.3. The van der Waals surface area contributed by atoms with E-state index in [2.05, 4.69) is 9.62 Å². The van der Waals surface area contributed by atoms with Crippen LogP contribution < -0.4 is 14.4 Å². The second-order valence-corrected chi connectivity index (χ2v) is 9.78. The molecule has 0 aliphatic carbocycles. The first-order valence-electron chi connectivity index (χ1n) is 10.8. The summed E-state index contributed by atoms with van der Waals surface area (Å²) >= 11 is 0. The quantitative estimate of drug-likeness (QED) is 0.651. The van der Waals surface area contributed by atoms with Gasteiger partial charge in [-0.3, -0.25) is 9.69 Å². The van der Waals surface area contributed by atoms with E-state index >= 15 is 0 Å². The highest BCUT2D eigenvalue weighted by molar-refractivity contribution is 7.89. The molecule has 2 aromatic rings. The number of rotatable bonds is 8. The lowest BCUT2D eigenvalue weighted by Gasteiger charge is -2.26. The molecule has 9 heteroatoms. The summed E-state index contributed by atoms with van der Waals surface area (Å²) in [7, 11) is -2.24. The maximum absolute atomic E-state index is 12.9. The molecule has 1 amide bonds. The number of benzene rings is 2. The number of amides is 1. The van der Waals surface area contributed by atoms with Crippen molar-refractivity contribution < 1.29 is 22.7 Å². The summed E-state index contributed by atoms with van der Waals surface area (Å²) in [6, 6.07) is 12.6. The van der Waals surface area contributed by atoms with E-state index in [1.165, 1.54) is 24.8 Å². The molecule has 0 aromatic heterocycles. The molecule has 0 spiro atoms. The van der Waals surface area contributed by atoms with Crippen molar-refractivity contribution in [2.45, 2.75) is 30.8 Å². The van der Waals surface area contributed by atoms with E-state index in [1.54, 1.807) is 11.0 Å². The molecule has 0 atom stereocenters. The van der Waals surface area contributed by atoms with Crippen molar-refractivity contribution in [2.75, 3.05) is 44.9 Å². The Labute approximate surface area is 189 Å². The van der Waals surface area contributed by atoms with Gasteiger partial charge in [-0.05, 0) is 35.7 Å². The fraction of sp³-hybridized carbons (Fsp3) is 0.435. The van der Waals surface area contributed by atoms with Gasteiger partial charge in [-0.25, -0.2) is 13.1 Å². The maximum atomic E-state index is 12.9. The Kier molecular flexibility index (Phi) is 7.10. The molecule has 0 saturated carbocycles. The monoisotopic (exact) mass is 459 g/mol. The zero-order valence-corrected chi connectivity index (χ0v) is 19.1. The van der Waals surface area contributed by atoms with E-state index in [9.17, 15) is 13.2 Å². The van der Waals surface area contributed by atoms with Crippen LogP contribution in [0.3, 0.4) is 0 Å². The van der Waals surface area contributed by atoms with E-state index < -0.39 is 10.0 Å². The zero-order chi connectivity index (χ0) is 22.6. The Balaban J connectivity index is 1.42. The van der Waals surface area contributed by atoms with Gasteiger partial charge in [0.1, 0.15) is 5.75 Å². The summed E-state index contributed by atoms with van der Waals surface area (Å²) in [5.41, 5.74) is 2.56. The molecule has 1 N–H and O–H groups in total. The van der Waals surface area contributed by atoms with Crippen LogP contribution in [0.15, 0.2) is 47.4 Å². The van der Waals surface area contributed by atoms with Crippen LogP contribution in [0.25, 0.3) is 0 Å². The average molecular weight is 460 g/mol. The van der Waals surface area contributed by atoms with E-state index in [4.69, 9.17) is 9.47 Å². The fourth-order valence-corrected chi connectivity index (χ4v) is 5.03. The van der Waals surface area contributed by atoms with Crippen LogP contribution in [0.1, 0.15) is 24.0 Å². The van der Waals surface area contributed by atoms with Crippen LogP contribution in [0.5, 0.6) is 5.75 Å². The number of hydrogen-bond donors (Lipinski definition) is 1. The molecular formula is C23H29N3O5S. The number of sulfonamides is 1. The van der Waals surface area contributed by atoms with Gasteiger partial charge in [-0.2, -0.15) is 0 Å². The maximum Gasteiger partial charge on any atom is 0.240 e. The summed E-state index contributed by atoms with van der Waals surface area (Å²) in [6.07, 6.45) is 1.21. The smallest absolute Gasteiger partial charge is 0.240 e. The lowest BCUT2D eigenvalue weighted by molar-refractivity contribution is -0.117. The van der Waals surface area contributed by atoms with Gasteiger partial charge in [0.15, 0.2) is 0 Å². The summed E-state index contributed by atoms with van der Waals surface area (Å²) in [5, 5.41) is 0. The Morgan fingerprint density at radius 3 is 2.41 bits per heavy atom. The third-order valence-electron chi connectivity index (χ3n) is 5.82. The minimum absolute atomic E-state index is 0.0250. The minimum atomic E-state index is -3.75. The van der Waals surface area contributed by atoms with Crippen LogP contribution >= 0.6 is 0 Å². The second kappa shape index (κ2) is 9.99. The van der Waals surface area contributed by atoms with E-state index in [0.717, 1.165) is 44.8 Å². The molecule has 2 aliphatic heterocycles. The predicted octanol–water partition coefficient (Wildman–Crippen LogP) is 2.13. The van der Waals surface area contributed by atoms with Crippen LogP contribution in [0.4, 0.5) is 5.69 Å². The largest absolute Gasteiger partial charge is 0.495 e. The van der Waals surface area contributed by atoms with E-state index in [1.807, 2.05) is 24.3 Å². The molecule has 8 nitrogen and oxygen atoms in total. The standard InChI is InChI=1S/C23H29N3O5S/c1-30-22-9-8-20(15-21(22)26-10-2-3-23(26)27)32(28,29)24-16-18-4-6-19(7-5-18)17-25-11-13-31-14-12-25/h4-9,15,24H,2-3,10-14,16-17H2,1H3. The average Bonchev–Trinajstić information content (AvgIpc) is 3.24. The van der Waals surface area contributed by atoms with Crippen molar-refractivity contribution in [2.24, 2.45) is 0 Å². The molecule has 172 valence electrons. The third-order valence-corrected chi connectivity index (χ3v) is 7.22. The molecule has 2 fully saturated rings. The van der Waals surface area contributed by atoms with Gasteiger partial charge in [0.2, 0.25) is 15.9 Å². The van der Waals surface area contributed by atoms with Crippen LogP contribution in [-0.4, -0.2) is 59.2 Å². The van der Waals surface area contributed by atoms with Crippen LogP contribution in [0.2, 0.25) is 0 Å². The van der Waals surface area contributed by atoms with Gasteiger partial charge >= 0.3 is 0 Å². The number of morpholine rings is 1. The highest BCUT2D eigenvalue weighted by Crippen LogP contribution is 2.33. The SMILES string of the molecule is COc1ccc(S(=O)(=O)NCc2ccc(CN3CCOCC3)cc2)cc1N1CCCC1=O. The summed E-state index contributed by atoms with van der Waals surface area (Å²) in [6.45, 7) is 4.98. The first-order chi connectivity index (χ1) is 15.5. The number of carbonyl (C=O) groups is 1. The van der Waals surface area contributed by atoms with Crippen molar-refractivity contribution >= 4 is 21.6 Å². The van der Waals surface area contributed by atoms with Gasteiger partial charge < -0.3 is 14.4 Å². The second-order valence-electron chi connectivity index (χ2n) is 8.01. The third kappa shape index (κ3) is 5.29. The Morgan fingerprint density at radius 1 is 1.03 bits per heavy atom. The zero-order valence-electron chi connectivity index (χ0n) is 18.2. The van der Waals surface area contributed by atoms with Crippen molar-refractivity contribution in [3.63, 3.8) is 0 Å². The van der Waals surface area contributed by atoms with Crippen molar-refractivity contribution in [1.29, 1.82) is 0 Å². The van der Waals surface area contributed by atoms with Crippen LogP contribution in [0, 0.1) is 0 Å². The van der Waals surface area contributed by atoms with Gasteiger partial charge in [0.25, 0.3) is 0 Å². The van der Waals surface area contributed by atoms with Gasteiger partial charge in [0, 0.05) is 39.1 Å². The molecular weight excluding hydrogens is 430 g/mol. The predicted molar refractivity (Wildman–Crippen MR) is 121 cm³/mol. The van der Waals surface area contributed by atoms with Crippen molar-refractivity contribution in [1.82, 2.24) is 9.62 Å². The Morgan fingerprint density at radius 2 is 1.75 bits per heavy atom. The molecule has 2 aromatic carbocycles. The number of ether oxygens (including phenoxy) is 2. The van der Waals surface area contributed by atoms with Crippen LogP contribution in [-0.2, 0) is 32.6 Å². The number of nitrogens with one attached hydrogen (secondary N) is 1. The first kappa shape index (κ1) is 22.7. The van der Waals surface area contributed by atoms with Crippen molar-refractivity contribution in [3.05, 3.63) is 53.6 Å². The molecule has 32 heavy (non-hydrogen) atoms. The number of anilines is 1. The lowest BCUT2D eigenvalue weighted by Crippen LogP contribution is -2.35. The molecule has 2 heterocycles. The Bertz CT molecular complexity index is 1050. The fourth-order valence-electron chi connectivity index (χ4n) is 3.99. The number of hydrogen-bond acceptors (Lipinski definition) is 6. The minimum Gasteiger partial charge on any atom is -0.495 e. The number of methoxy groups -OCH3 is 1. The summed E-state index contributed by atoms with van der Waals surface area (Å²) in [5.74, 6) is 0.457. The molecule has 0 radical (unpaired) electrons. The van der Waals surface area contributed by atoms with E-state index in [-0.39, 0.29) is 17.3 Å². The topological polar surface area (TPSA) is 88.2 Å². The Hall–Kier alpha value is -2.46. The van der Waals surface area contributed by atoms with E-state index in [0.29, 0.717) is 24.4 Å². The van der Waals surface area contributed by atoms with Gasteiger partial charge in [0.05, 0.1) is 30.9 Å². The lowest BCUT2D eigenvalue weighted by atomic mass is 10.1. The van der Waals surface area contributed by atoms with Gasteiger partial charge in [-0.1, -0.05) is 24.3 Å². The summed E-state index contributed by atoms with van der Waals surface area (Å²) < 4.78 is 39.2.